The van der Waals surface area contributed by atoms with E-state index in [1.807, 2.05) is 0 Å². The zero-order chi connectivity index (χ0) is 17.3. The molecule has 2 N–H and O–H groups in total. The van der Waals surface area contributed by atoms with E-state index in [-0.39, 0.29) is 30.4 Å². The molecule has 2 aromatic rings. The molecular formula is C15H18N2O6S. The molecule has 9 heteroatoms. The Balaban J connectivity index is 1.62. The number of rotatable bonds is 6. The highest BCUT2D eigenvalue weighted by Crippen LogP contribution is 2.34. The zero-order valence-electron chi connectivity index (χ0n) is 13.3. The Kier molecular flexibility index (Phi) is 4.48. The number of nitrogens with zero attached hydrogens (tertiary/aromatic N) is 1. The third-order valence-corrected chi connectivity index (χ3v) is 5.43. The lowest BCUT2D eigenvalue weighted by molar-refractivity contribution is 0.166. The summed E-state index contributed by atoms with van der Waals surface area (Å²) in [5.41, 5.74) is 0.937. The van der Waals surface area contributed by atoms with Crippen LogP contribution in [0.4, 0.5) is 0 Å². The van der Waals surface area contributed by atoms with Gasteiger partial charge in [0.05, 0.1) is 6.10 Å². The Morgan fingerprint density at radius 1 is 1.29 bits per heavy atom. The molecule has 1 aromatic heterocycles. The van der Waals surface area contributed by atoms with E-state index < -0.39 is 16.1 Å². The summed E-state index contributed by atoms with van der Waals surface area (Å²) in [7, 11) is -3.73. The summed E-state index contributed by atoms with van der Waals surface area (Å²) in [6, 6.07) is 5.13. The normalized spacial score (nSPS) is 14.8. The van der Waals surface area contributed by atoms with Crippen molar-refractivity contribution in [3.05, 3.63) is 35.2 Å². The molecule has 0 fully saturated rings. The molecule has 1 aliphatic rings. The number of aliphatic hydroxyl groups is 1. The first-order chi connectivity index (χ1) is 11.4. The predicted octanol–water partition coefficient (Wildman–Crippen LogP) is 1.42. The fraction of sp³-hybridized carbons (Fsp3) is 0.400. The SMILES string of the molecule is Cc1noc(C)c1S(=O)(=O)NCC[C@@H](O)c1ccc2c(c1)OCO2. The Labute approximate surface area is 139 Å². The van der Waals surface area contributed by atoms with E-state index in [4.69, 9.17) is 14.0 Å². The van der Waals surface area contributed by atoms with E-state index in [0.29, 0.717) is 22.8 Å². The van der Waals surface area contributed by atoms with Gasteiger partial charge in [-0.25, -0.2) is 13.1 Å². The van der Waals surface area contributed by atoms with Crippen LogP contribution in [0.25, 0.3) is 0 Å². The van der Waals surface area contributed by atoms with Gasteiger partial charge < -0.3 is 19.1 Å². The second-order valence-electron chi connectivity index (χ2n) is 5.47. The number of fused-ring (bicyclic) bond motifs is 1. The summed E-state index contributed by atoms with van der Waals surface area (Å²) in [5, 5.41) is 13.9. The molecule has 0 bridgehead atoms. The van der Waals surface area contributed by atoms with Gasteiger partial charge in [-0.2, -0.15) is 0 Å². The van der Waals surface area contributed by atoms with Crippen LogP contribution in [0.1, 0.15) is 29.5 Å². The summed E-state index contributed by atoms with van der Waals surface area (Å²) >= 11 is 0. The van der Waals surface area contributed by atoms with Crippen molar-refractivity contribution in [2.24, 2.45) is 0 Å². The first-order valence-electron chi connectivity index (χ1n) is 7.38. The maximum atomic E-state index is 12.3. The number of aryl methyl sites for hydroxylation is 2. The van der Waals surface area contributed by atoms with Crippen LogP contribution >= 0.6 is 0 Å². The minimum absolute atomic E-state index is 0.0417. The zero-order valence-corrected chi connectivity index (χ0v) is 14.1. The quantitative estimate of drug-likeness (QED) is 0.807. The van der Waals surface area contributed by atoms with Crippen LogP contribution in [-0.4, -0.2) is 32.0 Å². The molecule has 0 saturated heterocycles. The molecule has 0 radical (unpaired) electrons. The molecule has 24 heavy (non-hydrogen) atoms. The van der Waals surface area contributed by atoms with Gasteiger partial charge in [-0.1, -0.05) is 11.2 Å². The van der Waals surface area contributed by atoms with Gasteiger partial charge in [-0.3, -0.25) is 0 Å². The number of benzene rings is 1. The average molecular weight is 354 g/mol. The fourth-order valence-corrected chi connectivity index (χ4v) is 3.92. The molecule has 2 heterocycles. The number of aromatic nitrogens is 1. The standard InChI is InChI=1S/C15H18N2O6S/c1-9-15(10(2)23-17-9)24(19,20)16-6-5-12(18)11-3-4-13-14(7-11)22-8-21-13/h3-4,7,12,16,18H,5-6,8H2,1-2H3/t12-/m1/s1. The van der Waals surface area contributed by atoms with Crippen LogP contribution in [0, 0.1) is 13.8 Å². The minimum Gasteiger partial charge on any atom is -0.454 e. The second-order valence-corrected chi connectivity index (χ2v) is 7.17. The number of nitrogens with one attached hydrogen (secondary N) is 1. The van der Waals surface area contributed by atoms with E-state index >= 15 is 0 Å². The topological polar surface area (TPSA) is 111 Å². The van der Waals surface area contributed by atoms with Crippen molar-refractivity contribution in [1.29, 1.82) is 0 Å². The predicted molar refractivity (Wildman–Crippen MR) is 83.3 cm³/mol. The summed E-state index contributed by atoms with van der Waals surface area (Å²) < 4.78 is 42.4. The molecular weight excluding hydrogens is 336 g/mol. The van der Waals surface area contributed by atoms with Crippen molar-refractivity contribution < 1.29 is 27.5 Å². The van der Waals surface area contributed by atoms with Gasteiger partial charge >= 0.3 is 0 Å². The maximum Gasteiger partial charge on any atom is 0.245 e. The highest BCUT2D eigenvalue weighted by molar-refractivity contribution is 7.89. The molecule has 0 saturated carbocycles. The molecule has 0 unspecified atom stereocenters. The largest absolute Gasteiger partial charge is 0.454 e. The highest BCUT2D eigenvalue weighted by Gasteiger charge is 2.24. The number of hydrogen-bond donors (Lipinski definition) is 2. The Morgan fingerprint density at radius 3 is 2.75 bits per heavy atom. The number of aliphatic hydroxyl groups excluding tert-OH is 1. The second kappa shape index (κ2) is 6.42. The van der Waals surface area contributed by atoms with E-state index in [1.54, 1.807) is 25.1 Å². The van der Waals surface area contributed by atoms with Crippen LogP contribution < -0.4 is 14.2 Å². The highest BCUT2D eigenvalue weighted by atomic mass is 32.2. The van der Waals surface area contributed by atoms with Gasteiger partial charge in [0.1, 0.15) is 10.6 Å². The van der Waals surface area contributed by atoms with Gasteiger partial charge in [-0.15, -0.1) is 0 Å². The first-order valence-corrected chi connectivity index (χ1v) is 8.87. The van der Waals surface area contributed by atoms with Crippen LogP contribution in [0.3, 0.4) is 0 Å². The lowest BCUT2D eigenvalue weighted by Gasteiger charge is -2.12. The average Bonchev–Trinajstić information content (AvgIpc) is 3.12. The lowest BCUT2D eigenvalue weighted by Crippen LogP contribution is -2.26. The molecule has 1 aliphatic heterocycles. The molecule has 0 aliphatic carbocycles. The maximum absolute atomic E-state index is 12.3. The van der Waals surface area contributed by atoms with Crippen molar-refractivity contribution in [3.63, 3.8) is 0 Å². The summed E-state index contributed by atoms with van der Waals surface area (Å²) in [5.74, 6) is 1.43. The van der Waals surface area contributed by atoms with Gasteiger partial charge in [0.2, 0.25) is 16.8 Å². The Bertz CT molecular complexity index is 826. The van der Waals surface area contributed by atoms with Crippen LogP contribution in [0.2, 0.25) is 0 Å². The summed E-state index contributed by atoms with van der Waals surface area (Å²) in [6.45, 7) is 3.33. The smallest absolute Gasteiger partial charge is 0.245 e. The van der Waals surface area contributed by atoms with Crippen LogP contribution in [0.15, 0.2) is 27.6 Å². The lowest BCUT2D eigenvalue weighted by atomic mass is 10.1. The van der Waals surface area contributed by atoms with E-state index in [0.717, 1.165) is 0 Å². The summed E-state index contributed by atoms with van der Waals surface area (Å²) in [6.07, 6.45) is -0.616. The Hall–Kier alpha value is -2.10. The number of sulfonamides is 1. The molecule has 0 spiro atoms. The fourth-order valence-electron chi connectivity index (χ4n) is 2.55. The number of ether oxygens (including phenoxy) is 2. The molecule has 0 amide bonds. The monoisotopic (exact) mass is 354 g/mol. The van der Waals surface area contributed by atoms with E-state index in [1.165, 1.54) is 6.92 Å². The van der Waals surface area contributed by atoms with Gasteiger partial charge in [0.15, 0.2) is 17.3 Å². The first kappa shape index (κ1) is 16.7. The van der Waals surface area contributed by atoms with Crippen molar-refractivity contribution in [3.8, 4) is 11.5 Å². The molecule has 8 nitrogen and oxygen atoms in total. The molecule has 1 aromatic carbocycles. The number of hydrogen-bond acceptors (Lipinski definition) is 7. The third kappa shape index (κ3) is 3.23. The van der Waals surface area contributed by atoms with Crippen molar-refractivity contribution in [1.82, 2.24) is 9.88 Å². The molecule has 3 rings (SSSR count). The van der Waals surface area contributed by atoms with Gasteiger partial charge in [0, 0.05) is 6.54 Å². The van der Waals surface area contributed by atoms with Crippen molar-refractivity contribution in [2.45, 2.75) is 31.3 Å². The van der Waals surface area contributed by atoms with Crippen LogP contribution in [-0.2, 0) is 10.0 Å². The van der Waals surface area contributed by atoms with E-state index in [9.17, 15) is 13.5 Å². The minimum atomic E-state index is -3.73. The Morgan fingerprint density at radius 2 is 2.04 bits per heavy atom. The molecule has 1 atom stereocenters. The van der Waals surface area contributed by atoms with E-state index in [2.05, 4.69) is 9.88 Å². The van der Waals surface area contributed by atoms with Crippen molar-refractivity contribution in [2.75, 3.05) is 13.3 Å². The molecule has 130 valence electrons. The van der Waals surface area contributed by atoms with Gasteiger partial charge in [0.25, 0.3) is 0 Å². The van der Waals surface area contributed by atoms with Gasteiger partial charge in [-0.05, 0) is 38.0 Å². The third-order valence-electron chi connectivity index (χ3n) is 3.73. The summed E-state index contributed by atoms with van der Waals surface area (Å²) in [4.78, 5) is 0.0417. The van der Waals surface area contributed by atoms with Crippen molar-refractivity contribution >= 4 is 10.0 Å². The van der Waals surface area contributed by atoms with Crippen LogP contribution in [0.5, 0.6) is 11.5 Å².